The van der Waals surface area contributed by atoms with Crippen molar-refractivity contribution in [3.63, 3.8) is 0 Å². The van der Waals surface area contributed by atoms with Crippen LogP contribution in [0.15, 0.2) is 24.3 Å². The number of amides is 2. The summed E-state index contributed by atoms with van der Waals surface area (Å²) in [5.41, 5.74) is 1.30. The molecular formula is C23H29N3O2S. The normalized spacial score (nSPS) is 31.9. The third kappa shape index (κ3) is 4.16. The molecule has 1 aromatic rings. The molecule has 0 spiro atoms. The van der Waals surface area contributed by atoms with Gasteiger partial charge in [0.1, 0.15) is 0 Å². The molecule has 6 heteroatoms. The van der Waals surface area contributed by atoms with Gasteiger partial charge in [0.15, 0.2) is 0 Å². The van der Waals surface area contributed by atoms with E-state index in [4.69, 9.17) is 0 Å². The molecule has 0 heterocycles. The summed E-state index contributed by atoms with van der Waals surface area (Å²) in [4.78, 5) is 25.0. The number of nitriles is 1. The highest BCUT2D eigenvalue weighted by Crippen LogP contribution is 2.61. The average molecular weight is 412 g/mol. The van der Waals surface area contributed by atoms with Crippen LogP contribution in [0.3, 0.4) is 0 Å². The Kier molecular flexibility index (Phi) is 5.61. The first-order chi connectivity index (χ1) is 13.9. The SMILES string of the molecule is CC(=O)NC12CC3CC(C1)CC(C(=O)NCCSCc1ccccc1C#N)(C3)C2. The Morgan fingerprint density at radius 3 is 2.62 bits per heavy atom. The molecule has 1 aromatic carbocycles. The maximum absolute atomic E-state index is 13.2. The lowest BCUT2D eigenvalue weighted by Crippen LogP contribution is -2.65. The van der Waals surface area contributed by atoms with E-state index in [9.17, 15) is 14.9 Å². The summed E-state index contributed by atoms with van der Waals surface area (Å²) >= 11 is 1.74. The second-order valence-corrected chi connectivity index (χ2v) is 10.4. The van der Waals surface area contributed by atoms with E-state index in [2.05, 4.69) is 16.7 Å². The topological polar surface area (TPSA) is 82.0 Å². The van der Waals surface area contributed by atoms with Crippen LogP contribution >= 0.6 is 11.8 Å². The minimum atomic E-state index is -0.301. The minimum Gasteiger partial charge on any atom is -0.355 e. The quantitative estimate of drug-likeness (QED) is 0.674. The molecule has 0 saturated heterocycles. The maximum Gasteiger partial charge on any atom is 0.226 e. The standard InChI is InChI=1S/C23H29N3O2S/c1-16(27)26-23-11-17-8-18(12-23)10-22(9-17,15-23)21(28)25-6-7-29-14-20-5-3-2-4-19(20)13-24/h2-5,17-18H,6-12,14-15H2,1H3,(H,25,28)(H,26,27). The Balaban J connectivity index is 1.31. The van der Waals surface area contributed by atoms with Crippen molar-refractivity contribution in [1.29, 1.82) is 5.26 Å². The summed E-state index contributed by atoms with van der Waals surface area (Å²) in [7, 11) is 0. The van der Waals surface area contributed by atoms with E-state index in [0.717, 1.165) is 54.7 Å². The molecule has 29 heavy (non-hydrogen) atoms. The van der Waals surface area contributed by atoms with Crippen molar-refractivity contribution in [2.75, 3.05) is 12.3 Å². The van der Waals surface area contributed by atoms with Crippen molar-refractivity contribution in [2.45, 2.75) is 56.7 Å². The summed E-state index contributed by atoms with van der Waals surface area (Å²) in [5.74, 6) is 2.93. The molecular weight excluding hydrogens is 382 g/mol. The van der Waals surface area contributed by atoms with E-state index in [1.54, 1.807) is 18.7 Å². The molecule has 4 aliphatic rings. The molecule has 0 aromatic heterocycles. The van der Waals surface area contributed by atoms with Gasteiger partial charge in [0, 0.05) is 30.5 Å². The van der Waals surface area contributed by atoms with E-state index < -0.39 is 0 Å². The Labute approximate surface area is 177 Å². The van der Waals surface area contributed by atoms with Gasteiger partial charge in [-0.3, -0.25) is 9.59 Å². The number of benzene rings is 1. The molecule has 154 valence electrons. The minimum absolute atomic E-state index is 0.0246. The van der Waals surface area contributed by atoms with Crippen molar-refractivity contribution in [3.8, 4) is 6.07 Å². The van der Waals surface area contributed by atoms with Gasteiger partial charge in [0.05, 0.1) is 17.0 Å². The van der Waals surface area contributed by atoms with Crippen LogP contribution in [0, 0.1) is 28.6 Å². The first-order valence-corrected chi connectivity index (χ1v) is 11.7. The van der Waals surface area contributed by atoms with Crippen LogP contribution in [0.25, 0.3) is 0 Å². The van der Waals surface area contributed by atoms with Crippen LogP contribution < -0.4 is 10.6 Å². The first kappa shape index (κ1) is 20.3. The first-order valence-electron chi connectivity index (χ1n) is 10.6. The summed E-state index contributed by atoms with van der Waals surface area (Å²) in [6.45, 7) is 2.23. The van der Waals surface area contributed by atoms with Crippen LogP contribution in [-0.2, 0) is 15.3 Å². The molecule has 2 amide bonds. The average Bonchev–Trinajstić information content (AvgIpc) is 2.65. The van der Waals surface area contributed by atoms with Crippen molar-refractivity contribution >= 4 is 23.6 Å². The number of carbonyl (C=O) groups is 2. The number of nitrogens with zero attached hydrogens (tertiary/aromatic N) is 1. The lowest BCUT2D eigenvalue weighted by molar-refractivity contribution is -0.152. The molecule has 2 atom stereocenters. The Hall–Kier alpha value is -2.00. The lowest BCUT2D eigenvalue weighted by Gasteiger charge is -2.61. The molecule has 0 radical (unpaired) electrons. The summed E-state index contributed by atoms with van der Waals surface area (Å²) < 4.78 is 0. The monoisotopic (exact) mass is 411 g/mol. The zero-order valence-corrected chi connectivity index (χ0v) is 17.8. The molecule has 4 saturated carbocycles. The van der Waals surface area contributed by atoms with Gasteiger partial charge in [-0.05, 0) is 62.0 Å². The molecule has 0 aliphatic heterocycles. The lowest BCUT2D eigenvalue weighted by atomic mass is 9.46. The number of hydrogen-bond acceptors (Lipinski definition) is 4. The van der Waals surface area contributed by atoms with Crippen LogP contribution in [-0.4, -0.2) is 29.7 Å². The fourth-order valence-electron chi connectivity index (χ4n) is 6.41. The Bertz CT molecular complexity index is 833. The van der Waals surface area contributed by atoms with Gasteiger partial charge < -0.3 is 10.6 Å². The zero-order chi connectivity index (χ0) is 20.5. The Morgan fingerprint density at radius 1 is 1.21 bits per heavy atom. The predicted molar refractivity (Wildman–Crippen MR) is 114 cm³/mol. The van der Waals surface area contributed by atoms with Gasteiger partial charge in [-0.25, -0.2) is 0 Å². The van der Waals surface area contributed by atoms with Crippen LogP contribution in [0.2, 0.25) is 0 Å². The van der Waals surface area contributed by atoms with Crippen molar-refractivity contribution in [1.82, 2.24) is 10.6 Å². The number of thioether (sulfide) groups is 1. The van der Waals surface area contributed by atoms with Crippen molar-refractivity contribution < 1.29 is 9.59 Å². The van der Waals surface area contributed by atoms with E-state index in [1.807, 2.05) is 24.3 Å². The smallest absolute Gasteiger partial charge is 0.226 e. The molecule has 4 fully saturated rings. The summed E-state index contributed by atoms with van der Waals surface area (Å²) in [6, 6.07) is 9.90. The number of nitrogens with one attached hydrogen (secondary N) is 2. The van der Waals surface area contributed by atoms with Crippen molar-refractivity contribution in [3.05, 3.63) is 35.4 Å². The molecule has 2 N–H and O–H groups in total. The number of hydrogen-bond donors (Lipinski definition) is 2. The van der Waals surface area contributed by atoms with Crippen LogP contribution in [0.1, 0.15) is 56.6 Å². The van der Waals surface area contributed by atoms with E-state index >= 15 is 0 Å². The largest absolute Gasteiger partial charge is 0.355 e. The number of carbonyl (C=O) groups excluding carboxylic acids is 2. The second-order valence-electron chi connectivity index (χ2n) is 9.28. The highest BCUT2D eigenvalue weighted by molar-refractivity contribution is 7.98. The third-order valence-corrected chi connectivity index (χ3v) is 7.92. The zero-order valence-electron chi connectivity index (χ0n) is 17.0. The number of rotatable bonds is 7. The van der Waals surface area contributed by atoms with Gasteiger partial charge in [-0.1, -0.05) is 18.2 Å². The molecule has 5 rings (SSSR count). The fraction of sp³-hybridized carbons (Fsp3) is 0.609. The molecule has 4 aliphatic carbocycles. The summed E-state index contributed by atoms with van der Waals surface area (Å²) in [5, 5.41) is 15.6. The summed E-state index contributed by atoms with van der Waals surface area (Å²) in [6.07, 6.45) is 6.02. The second kappa shape index (κ2) is 8.02. The molecule has 2 unspecified atom stereocenters. The highest BCUT2D eigenvalue weighted by Gasteiger charge is 2.60. The van der Waals surface area contributed by atoms with E-state index in [0.29, 0.717) is 18.4 Å². The fourth-order valence-corrected chi connectivity index (χ4v) is 7.27. The third-order valence-electron chi connectivity index (χ3n) is 6.91. The van der Waals surface area contributed by atoms with E-state index in [1.165, 1.54) is 6.42 Å². The van der Waals surface area contributed by atoms with Crippen molar-refractivity contribution in [2.24, 2.45) is 17.3 Å². The van der Waals surface area contributed by atoms with Crippen LogP contribution in [0.5, 0.6) is 0 Å². The van der Waals surface area contributed by atoms with Crippen LogP contribution in [0.4, 0.5) is 0 Å². The Morgan fingerprint density at radius 2 is 1.93 bits per heavy atom. The molecule has 5 nitrogen and oxygen atoms in total. The predicted octanol–water partition coefficient (Wildman–Crippen LogP) is 3.38. The van der Waals surface area contributed by atoms with Gasteiger partial charge in [0.25, 0.3) is 0 Å². The van der Waals surface area contributed by atoms with Gasteiger partial charge in [-0.2, -0.15) is 17.0 Å². The highest BCUT2D eigenvalue weighted by atomic mass is 32.2. The molecule has 4 bridgehead atoms. The maximum atomic E-state index is 13.2. The van der Waals surface area contributed by atoms with E-state index in [-0.39, 0.29) is 22.8 Å². The van der Waals surface area contributed by atoms with Gasteiger partial charge >= 0.3 is 0 Å². The van der Waals surface area contributed by atoms with Gasteiger partial charge in [0.2, 0.25) is 11.8 Å². The van der Waals surface area contributed by atoms with Gasteiger partial charge in [-0.15, -0.1) is 0 Å².